The number of methoxy groups -OCH3 is 2. The number of hydrogen-bond acceptors (Lipinski definition) is 7. The Morgan fingerprint density at radius 3 is 2.64 bits per heavy atom. The van der Waals surface area contributed by atoms with E-state index in [9.17, 15) is 9.59 Å². The van der Waals surface area contributed by atoms with E-state index in [0.717, 1.165) is 11.1 Å². The van der Waals surface area contributed by atoms with Crippen molar-refractivity contribution in [3.63, 3.8) is 0 Å². The number of nitrogens with one attached hydrogen (secondary N) is 2. The summed E-state index contributed by atoms with van der Waals surface area (Å²) in [6.45, 7) is 4.59. The van der Waals surface area contributed by atoms with Crippen LogP contribution in [0, 0.1) is 6.92 Å². The number of halogens is 1. The molecule has 190 valence electrons. The van der Waals surface area contributed by atoms with Crippen LogP contribution in [0.15, 0.2) is 47.6 Å². The summed E-state index contributed by atoms with van der Waals surface area (Å²) in [5.41, 5.74) is 2.28. The number of hydrogen-bond donors (Lipinski definition) is 2. The number of carbonyl (C=O) groups excluding carboxylic acids is 2. The van der Waals surface area contributed by atoms with Gasteiger partial charge in [-0.25, -0.2) is 0 Å². The topological polar surface area (TPSA) is 107 Å². The van der Waals surface area contributed by atoms with Crippen molar-refractivity contribution >= 4 is 46.9 Å². The standard InChI is InChI=1S/C25H28ClN5O4S/c1-5-31-22(14-27-23(32)12-10-17-9-11-20(34-3)21(13-17)35-4)29-30-25(31)36-15-24(33)28-19-8-6-7-18(26)16(19)2/h6-13H,5,14-15H2,1-4H3,(H,27,32)(H,28,33). The van der Waals surface area contributed by atoms with Crippen LogP contribution in [-0.4, -0.2) is 46.6 Å². The Labute approximate surface area is 219 Å². The molecule has 3 rings (SSSR count). The highest BCUT2D eigenvalue weighted by Crippen LogP contribution is 2.28. The maximum Gasteiger partial charge on any atom is 0.244 e. The average Bonchev–Trinajstić information content (AvgIpc) is 3.29. The van der Waals surface area contributed by atoms with Crippen LogP contribution in [-0.2, 0) is 22.7 Å². The minimum atomic E-state index is -0.277. The van der Waals surface area contributed by atoms with E-state index in [4.69, 9.17) is 21.1 Å². The molecule has 0 saturated heterocycles. The first-order valence-corrected chi connectivity index (χ1v) is 12.5. The van der Waals surface area contributed by atoms with Crippen LogP contribution < -0.4 is 20.1 Å². The number of thioether (sulfide) groups is 1. The summed E-state index contributed by atoms with van der Waals surface area (Å²) in [4.78, 5) is 24.8. The normalized spacial score (nSPS) is 10.9. The first kappa shape index (κ1) is 27.1. The molecule has 0 unspecified atom stereocenters. The van der Waals surface area contributed by atoms with Gasteiger partial charge in [0.2, 0.25) is 11.8 Å². The molecular weight excluding hydrogens is 502 g/mol. The fourth-order valence-corrected chi connectivity index (χ4v) is 4.28. The number of carbonyl (C=O) groups is 2. The largest absolute Gasteiger partial charge is 0.493 e. The molecular formula is C25H28ClN5O4S. The van der Waals surface area contributed by atoms with Crippen LogP contribution in [0.5, 0.6) is 11.5 Å². The molecule has 0 aliphatic heterocycles. The van der Waals surface area contributed by atoms with Crippen LogP contribution in [0.25, 0.3) is 6.08 Å². The van der Waals surface area contributed by atoms with Gasteiger partial charge in [-0.1, -0.05) is 35.5 Å². The van der Waals surface area contributed by atoms with E-state index >= 15 is 0 Å². The van der Waals surface area contributed by atoms with E-state index in [2.05, 4.69) is 20.8 Å². The minimum Gasteiger partial charge on any atom is -0.493 e. The summed E-state index contributed by atoms with van der Waals surface area (Å²) in [6, 6.07) is 10.7. The molecule has 3 aromatic rings. The van der Waals surface area contributed by atoms with Gasteiger partial charge < -0.3 is 24.7 Å². The van der Waals surface area contributed by atoms with E-state index in [1.165, 1.54) is 17.8 Å². The van der Waals surface area contributed by atoms with Gasteiger partial charge in [-0.05, 0) is 55.3 Å². The lowest BCUT2D eigenvalue weighted by Gasteiger charge is -2.10. The second kappa shape index (κ2) is 13.0. The lowest BCUT2D eigenvalue weighted by atomic mass is 10.2. The average molecular weight is 530 g/mol. The predicted molar refractivity (Wildman–Crippen MR) is 142 cm³/mol. The van der Waals surface area contributed by atoms with Crippen LogP contribution in [0.4, 0.5) is 5.69 Å². The molecule has 0 fully saturated rings. The summed E-state index contributed by atoms with van der Waals surface area (Å²) in [6.07, 6.45) is 3.12. The van der Waals surface area contributed by atoms with Crippen molar-refractivity contribution in [1.29, 1.82) is 0 Å². The predicted octanol–water partition coefficient (Wildman–Crippen LogP) is 4.34. The number of amides is 2. The summed E-state index contributed by atoms with van der Waals surface area (Å²) in [5.74, 6) is 1.50. The quantitative estimate of drug-likeness (QED) is 0.281. The molecule has 2 N–H and O–H groups in total. The van der Waals surface area contributed by atoms with Gasteiger partial charge in [0, 0.05) is 23.3 Å². The molecule has 0 saturated carbocycles. The van der Waals surface area contributed by atoms with Crippen LogP contribution in [0.2, 0.25) is 5.02 Å². The summed E-state index contributed by atoms with van der Waals surface area (Å²) < 4.78 is 12.4. The second-order valence-electron chi connectivity index (χ2n) is 7.56. The molecule has 11 heteroatoms. The van der Waals surface area contributed by atoms with Crippen molar-refractivity contribution < 1.29 is 19.1 Å². The van der Waals surface area contributed by atoms with E-state index in [-0.39, 0.29) is 24.1 Å². The fraction of sp³-hybridized carbons (Fsp3) is 0.280. The zero-order chi connectivity index (χ0) is 26.1. The van der Waals surface area contributed by atoms with Crippen molar-refractivity contribution in [2.75, 3.05) is 25.3 Å². The lowest BCUT2D eigenvalue weighted by Crippen LogP contribution is -2.22. The van der Waals surface area contributed by atoms with Gasteiger partial charge in [-0.2, -0.15) is 0 Å². The van der Waals surface area contributed by atoms with E-state index in [0.29, 0.717) is 39.7 Å². The Morgan fingerprint density at radius 2 is 1.92 bits per heavy atom. The van der Waals surface area contributed by atoms with Gasteiger partial charge in [0.15, 0.2) is 22.5 Å². The Kier molecular flexibility index (Phi) is 9.77. The van der Waals surface area contributed by atoms with Gasteiger partial charge in [-0.3, -0.25) is 9.59 Å². The number of rotatable bonds is 11. The van der Waals surface area contributed by atoms with Crippen LogP contribution in [0.3, 0.4) is 0 Å². The summed E-state index contributed by atoms with van der Waals surface area (Å²) in [7, 11) is 3.12. The van der Waals surface area contributed by atoms with Crippen molar-refractivity contribution in [3.8, 4) is 11.5 Å². The fourth-order valence-electron chi connectivity index (χ4n) is 3.29. The van der Waals surface area contributed by atoms with Gasteiger partial charge >= 0.3 is 0 Å². The van der Waals surface area contributed by atoms with E-state index in [1.54, 1.807) is 50.6 Å². The molecule has 1 aromatic heterocycles. The van der Waals surface area contributed by atoms with Crippen molar-refractivity contribution in [1.82, 2.24) is 20.1 Å². The number of nitrogens with zero attached hydrogens (tertiary/aromatic N) is 3. The number of ether oxygens (including phenoxy) is 2. The highest BCUT2D eigenvalue weighted by Gasteiger charge is 2.14. The maximum atomic E-state index is 12.4. The van der Waals surface area contributed by atoms with Gasteiger partial charge in [0.25, 0.3) is 0 Å². The molecule has 0 aliphatic rings. The van der Waals surface area contributed by atoms with Crippen LogP contribution in [0.1, 0.15) is 23.9 Å². The van der Waals surface area contributed by atoms with E-state index < -0.39 is 0 Å². The highest BCUT2D eigenvalue weighted by atomic mass is 35.5. The highest BCUT2D eigenvalue weighted by molar-refractivity contribution is 7.99. The Bertz CT molecular complexity index is 1260. The molecule has 0 aliphatic carbocycles. The maximum absolute atomic E-state index is 12.4. The van der Waals surface area contributed by atoms with Crippen LogP contribution >= 0.6 is 23.4 Å². The molecule has 0 radical (unpaired) electrons. The monoisotopic (exact) mass is 529 g/mol. The third-order valence-electron chi connectivity index (χ3n) is 5.24. The first-order valence-electron chi connectivity index (χ1n) is 11.1. The first-order chi connectivity index (χ1) is 17.4. The molecule has 2 aromatic carbocycles. The lowest BCUT2D eigenvalue weighted by molar-refractivity contribution is -0.116. The SMILES string of the molecule is CCn1c(CNC(=O)C=Cc2ccc(OC)c(OC)c2)nnc1SCC(=O)Nc1cccc(Cl)c1C. The number of anilines is 1. The molecule has 9 nitrogen and oxygen atoms in total. The molecule has 2 amide bonds. The Balaban J connectivity index is 1.55. The third kappa shape index (κ3) is 7.02. The molecule has 0 atom stereocenters. The van der Waals surface area contributed by atoms with Gasteiger partial charge in [0.05, 0.1) is 26.5 Å². The minimum absolute atomic E-state index is 0.157. The summed E-state index contributed by atoms with van der Waals surface area (Å²) >= 11 is 7.39. The zero-order valence-electron chi connectivity index (χ0n) is 20.5. The van der Waals surface area contributed by atoms with E-state index in [1.807, 2.05) is 24.5 Å². The van der Waals surface area contributed by atoms with Gasteiger partial charge in [-0.15, -0.1) is 10.2 Å². The molecule has 1 heterocycles. The third-order valence-corrected chi connectivity index (χ3v) is 6.62. The number of aromatic nitrogens is 3. The van der Waals surface area contributed by atoms with Crippen molar-refractivity contribution in [2.24, 2.45) is 0 Å². The van der Waals surface area contributed by atoms with Crippen molar-refractivity contribution in [3.05, 3.63) is 64.4 Å². The molecule has 0 bridgehead atoms. The Hall–Kier alpha value is -3.50. The smallest absolute Gasteiger partial charge is 0.244 e. The second-order valence-corrected chi connectivity index (χ2v) is 8.91. The Morgan fingerprint density at radius 1 is 1.14 bits per heavy atom. The zero-order valence-corrected chi connectivity index (χ0v) is 22.1. The molecule has 0 spiro atoms. The molecule has 36 heavy (non-hydrogen) atoms. The summed E-state index contributed by atoms with van der Waals surface area (Å²) in [5, 5.41) is 15.2. The van der Waals surface area contributed by atoms with Crippen molar-refractivity contribution in [2.45, 2.75) is 32.1 Å². The van der Waals surface area contributed by atoms with Gasteiger partial charge in [0.1, 0.15) is 0 Å². The number of benzene rings is 2.